The third-order valence-electron chi connectivity index (χ3n) is 16.2. The van der Waals surface area contributed by atoms with Crippen molar-refractivity contribution in [3.63, 3.8) is 0 Å². The van der Waals surface area contributed by atoms with Crippen LogP contribution in [0.3, 0.4) is 0 Å². The van der Waals surface area contributed by atoms with Crippen LogP contribution in [-0.4, -0.2) is 0 Å². The summed E-state index contributed by atoms with van der Waals surface area (Å²) in [7, 11) is 0. The zero-order valence-electron chi connectivity index (χ0n) is 44.7. The fraction of sp³-hybridized carbons (Fsp3) is 0.0127. The van der Waals surface area contributed by atoms with Crippen molar-refractivity contribution >= 4 is 34.1 Å². The minimum Gasteiger partial charge on any atom is -0.310 e. The summed E-state index contributed by atoms with van der Waals surface area (Å²) in [5.41, 5.74) is 24.8. The molecule has 1 aliphatic carbocycles. The molecule has 0 unspecified atom stereocenters. The Bertz CT molecular complexity index is 3860. The molecule has 0 saturated carbocycles. The second kappa shape index (κ2) is 21.4. The summed E-state index contributed by atoms with van der Waals surface area (Å²) in [5.74, 6) is 0. The quantitative estimate of drug-likeness (QED) is 0.114. The van der Waals surface area contributed by atoms with Crippen molar-refractivity contribution in [1.29, 1.82) is 0 Å². The van der Waals surface area contributed by atoms with Gasteiger partial charge in [-0.2, -0.15) is 0 Å². The maximum absolute atomic E-state index is 2.48. The van der Waals surface area contributed by atoms with E-state index in [1.54, 1.807) is 0 Å². The van der Waals surface area contributed by atoms with E-state index in [1.807, 2.05) is 0 Å². The van der Waals surface area contributed by atoms with E-state index in [0.29, 0.717) is 0 Å². The fourth-order valence-electron chi connectivity index (χ4n) is 12.2. The predicted octanol–water partition coefficient (Wildman–Crippen LogP) is 21.3. The van der Waals surface area contributed by atoms with E-state index in [1.165, 1.54) is 89.0 Å². The first-order chi connectivity index (χ1) is 40.2. The molecule has 2 heteroatoms. The number of nitrogens with zero attached hydrogens (tertiary/aromatic N) is 2. The molecule has 0 N–H and O–H groups in total. The molecule has 13 aromatic rings. The zero-order chi connectivity index (χ0) is 54.0. The minimum absolute atomic E-state index is 0.743. The number of benzene rings is 13. The van der Waals surface area contributed by atoms with E-state index in [2.05, 4.69) is 350 Å². The number of fused-ring (bicyclic) bond motifs is 3. The van der Waals surface area contributed by atoms with Gasteiger partial charge in [-0.25, -0.2) is 0 Å². The van der Waals surface area contributed by atoms with Crippen molar-refractivity contribution in [3.8, 4) is 66.8 Å². The highest BCUT2D eigenvalue weighted by Gasteiger charge is 2.47. The molecule has 0 fully saturated rings. The molecule has 2 nitrogen and oxygen atoms in total. The highest BCUT2D eigenvalue weighted by molar-refractivity contribution is 5.93. The van der Waals surface area contributed by atoms with Crippen LogP contribution in [0.4, 0.5) is 34.1 Å². The Morgan fingerprint density at radius 1 is 0.173 bits per heavy atom. The highest BCUT2D eigenvalue weighted by Crippen LogP contribution is 2.59. The lowest BCUT2D eigenvalue weighted by atomic mass is 9.67. The van der Waals surface area contributed by atoms with Gasteiger partial charge in [0, 0.05) is 34.1 Å². The summed E-state index contributed by atoms with van der Waals surface area (Å²) in [6, 6.07) is 124. The molecule has 81 heavy (non-hydrogen) atoms. The van der Waals surface area contributed by atoms with Crippen LogP contribution in [0.1, 0.15) is 22.3 Å². The first-order valence-corrected chi connectivity index (χ1v) is 27.9. The molecule has 0 radical (unpaired) electrons. The average molecular weight is 1030 g/mol. The van der Waals surface area contributed by atoms with E-state index in [4.69, 9.17) is 0 Å². The molecule has 0 bridgehead atoms. The number of hydrogen-bond donors (Lipinski definition) is 0. The second-order valence-corrected chi connectivity index (χ2v) is 20.8. The summed E-state index contributed by atoms with van der Waals surface area (Å²) < 4.78 is 0. The first kappa shape index (κ1) is 48.8. The van der Waals surface area contributed by atoms with Crippen molar-refractivity contribution in [1.82, 2.24) is 0 Å². The summed E-state index contributed by atoms with van der Waals surface area (Å²) in [6.07, 6.45) is 0. The molecular weight excluding hydrogens is 977 g/mol. The van der Waals surface area contributed by atoms with Crippen LogP contribution in [0.15, 0.2) is 340 Å². The summed E-state index contributed by atoms with van der Waals surface area (Å²) in [6.45, 7) is 0. The van der Waals surface area contributed by atoms with E-state index in [0.717, 1.165) is 34.1 Å². The molecule has 0 spiro atoms. The van der Waals surface area contributed by atoms with Crippen molar-refractivity contribution in [2.24, 2.45) is 0 Å². The van der Waals surface area contributed by atoms with Gasteiger partial charge in [0.25, 0.3) is 0 Å². The maximum atomic E-state index is 2.48. The van der Waals surface area contributed by atoms with Gasteiger partial charge in [-0.15, -0.1) is 0 Å². The van der Waals surface area contributed by atoms with Crippen molar-refractivity contribution < 1.29 is 0 Å². The predicted molar refractivity (Wildman–Crippen MR) is 340 cm³/mol. The van der Waals surface area contributed by atoms with Gasteiger partial charge in [0.15, 0.2) is 0 Å². The molecule has 0 amide bonds. The van der Waals surface area contributed by atoms with Gasteiger partial charge in [-0.05, 0) is 162 Å². The fourth-order valence-corrected chi connectivity index (χ4v) is 12.2. The molecule has 1 aliphatic rings. The Labute approximate surface area is 475 Å². The summed E-state index contributed by atoms with van der Waals surface area (Å²) >= 11 is 0. The summed E-state index contributed by atoms with van der Waals surface area (Å²) in [4.78, 5) is 4.85. The minimum atomic E-state index is -0.743. The molecule has 14 rings (SSSR count). The number of anilines is 6. The molecule has 0 saturated heterocycles. The lowest BCUT2D eigenvalue weighted by molar-refractivity contribution is 0.768. The van der Waals surface area contributed by atoms with Crippen LogP contribution in [0.5, 0.6) is 0 Å². The van der Waals surface area contributed by atoms with Gasteiger partial charge in [0.05, 0.1) is 5.41 Å². The lowest BCUT2D eigenvalue weighted by Crippen LogP contribution is -2.29. The van der Waals surface area contributed by atoms with Gasteiger partial charge < -0.3 is 9.80 Å². The van der Waals surface area contributed by atoms with E-state index >= 15 is 0 Å². The first-order valence-electron chi connectivity index (χ1n) is 27.9. The zero-order valence-corrected chi connectivity index (χ0v) is 44.7. The van der Waals surface area contributed by atoms with Gasteiger partial charge >= 0.3 is 0 Å². The Balaban J connectivity index is 0.978. The molecule has 0 aliphatic heterocycles. The molecule has 0 atom stereocenters. The number of hydrogen-bond acceptors (Lipinski definition) is 2. The lowest BCUT2D eigenvalue weighted by Gasteiger charge is -2.36. The van der Waals surface area contributed by atoms with Gasteiger partial charge in [-0.3, -0.25) is 0 Å². The molecular formula is C79H56N2. The standard InChI is InChI=1S/C79H56N2/c1-7-19-57(20-8-1)62-31-41-68(42-32-62)79(67-29-17-6-18-30-67)77-55-73(80(69-43-33-63(34-44-69)58-21-9-2-10-22-58)70-45-35-64(36-46-70)59-23-11-3-12-24-59)51-53-75(77)76-54-52-74(56-78(76)79)81(71-47-37-65(38-48-71)60-25-13-4-14-26-60)72-49-39-66(40-50-72)61-27-15-5-16-28-61/h1-56H. The highest BCUT2D eigenvalue weighted by atomic mass is 15.1. The van der Waals surface area contributed by atoms with Crippen LogP contribution < -0.4 is 9.80 Å². The smallest absolute Gasteiger partial charge is 0.0715 e. The van der Waals surface area contributed by atoms with E-state index in [-0.39, 0.29) is 0 Å². The Morgan fingerprint density at radius 2 is 0.383 bits per heavy atom. The average Bonchev–Trinajstić information content (AvgIpc) is 4.11. The van der Waals surface area contributed by atoms with Crippen LogP contribution in [-0.2, 0) is 5.41 Å². The normalized spacial score (nSPS) is 12.0. The molecule has 382 valence electrons. The Hall–Kier alpha value is -10.5. The maximum Gasteiger partial charge on any atom is 0.0715 e. The largest absolute Gasteiger partial charge is 0.310 e. The third kappa shape index (κ3) is 9.19. The number of rotatable bonds is 13. The van der Waals surface area contributed by atoms with Crippen molar-refractivity contribution in [3.05, 3.63) is 362 Å². The molecule has 13 aromatic carbocycles. The van der Waals surface area contributed by atoms with E-state index < -0.39 is 5.41 Å². The van der Waals surface area contributed by atoms with Gasteiger partial charge in [0.1, 0.15) is 0 Å². The van der Waals surface area contributed by atoms with Gasteiger partial charge in [-0.1, -0.05) is 267 Å². The Morgan fingerprint density at radius 3 is 0.654 bits per heavy atom. The van der Waals surface area contributed by atoms with Gasteiger partial charge in [0.2, 0.25) is 0 Å². The third-order valence-corrected chi connectivity index (χ3v) is 16.2. The Kier molecular flexibility index (Phi) is 12.9. The van der Waals surface area contributed by atoms with Crippen LogP contribution in [0.25, 0.3) is 66.8 Å². The topological polar surface area (TPSA) is 6.48 Å². The SMILES string of the molecule is c1ccc(-c2ccc(N(c3ccc(-c4ccccc4)cc3)c3ccc4c(c3)C(c3ccccc3)(c3ccc(-c5ccccc5)cc3)c3cc(N(c5ccc(-c6ccccc6)cc5)c5ccc(-c6ccccc6)cc5)ccc3-4)cc2)cc1. The van der Waals surface area contributed by atoms with Crippen LogP contribution >= 0.6 is 0 Å². The molecule has 0 heterocycles. The van der Waals surface area contributed by atoms with Crippen LogP contribution in [0, 0.1) is 0 Å². The van der Waals surface area contributed by atoms with Crippen LogP contribution in [0.2, 0.25) is 0 Å². The van der Waals surface area contributed by atoms with E-state index in [9.17, 15) is 0 Å². The van der Waals surface area contributed by atoms with Crippen molar-refractivity contribution in [2.75, 3.05) is 9.80 Å². The molecule has 0 aromatic heterocycles. The second-order valence-electron chi connectivity index (χ2n) is 20.8. The summed E-state index contributed by atoms with van der Waals surface area (Å²) in [5, 5.41) is 0. The monoisotopic (exact) mass is 1030 g/mol. The van der Waals surface area contributed by atoms with Crippen molar-refractivity contribution in [2.45, 2.75) is 5.41 Å².